The third kappa shape index (κ3) is 4.28. The average Bonchev–Trinajstić information content (AvgIpc) is 3.08. The summed E-state index contributed by atoms with van der Waals surface area (Å²) in [5.41, 5.74) is -1.83. The number of aromatic nitrogens is 1. The lowest BCUT2D eigenvalue weighted by Crippen LogP contribution is -2.43. The first-order valence-electron chi connectivity index (χ1n) is 8.84. The van der Waals surface area contributed by atoms with Crippen LogP contribution in [-0.2, 0) is 24.2 Å². The summed E-state index contributed by atoms with van der Waals surface area (Å²) in [5.74, 6) is -0.786. The number of nitrogens with one attached hydrogen (secondary N) is 1. The van der Waals surface area contributed by atoms with Crippen LogP contribution >= 0.6 is 0 Å². The van der Waals surface area contributed by atoms with E-state index in [-0.39, 0.29) is 23.4 Å². The Morgan fingerprint density at radius 3 is 2.57 bits per heavy atom. The molecule has 0 unspecified atom stereocenters. The number of rotatable bonds is 5. The van der Waals surface area contributed by atoms with Crippen LogP contribution in [0.15, 0.2) is 48.7 Å². The molecule has 1 amide bonds. The largest absolute Gasteiger partial charge is 0.416 e. The van der Waals surface area contributed by atoms with Crippen LogP contribution in [-0.4, -0.2) is 21.2 Å². The second-order valence-electron chi connectivity index (χ2n) is 7.06. The molecule has 0 fully saturated rings. The van der Waals surface area contributed by atoms with Crippen molar-refractivity contribution >= 4 is 22.5 Å². The first kappa shape index (κ1) is 21.3. The van der Waals surface area contributed by atoms with Gasteiger partial charge in [-0.15, -0.1) is 0 Å². The molecule has 1 heterocycles. The summed E-state index contributed by atoms with van der Waals surface area (Å²) in [6.07, 6.45) is -2.99. The number of hydrogen-bond acceptors (Lipinski definition) is 3. The molecular formula is C21H17F4N3O2. The maximum absolute atomic E-state index is 13.0. The first-order valence-corrected chi connectivity index (χ1v) is 8.84. The molecule has 1 aromatic heterocycles. The molecule has 2 N–H and O–H groups in total. The minimum atomic E-state index is -4.47. The molecule has 30 heavy (non-hydrogen) atoms. The molecule has 2 aromatic carbocycles. The van der Waals surface area contributed by atoms with Crippen LogP contribution in [0.5, 0.6) is 0 Å². The summed E-state index contributed by atoms with van der Waals surface area (Å²) < 4.78 is 53.1. The topological polar surface area (TPSA) is 78.1 Å². The van der Waals surface area contributed by atoms with Gasteiger partial charge in [-0.05, 0) is 49.4 Å². The Balaban J connectivity index is 1.81. The highest BCUT2D eigenvalue weighted by Gasteiger charge is 2.33. The van der Waals surface area contributed by atoms with Gasteiger partial charge in [-0.1, -0.05) is 0 Å². The fraction of sp³-hybridized carbons (Fsp3) is 0.238. The van der Waals surface area contributed by atoms with Crippen LogP contribution in [0.25, 0.3) is 10.9 Å². The van der Waals surface area contributed by atoms with Crippen molar-refractivity contribution in [1.29, 1.82) is 5.26 Å². The maximum atomic E-state index is 13.0. The van der Waals surface area contributed by atoms with E-state index in [1.54, 1.807) is 0 Å². The zero-order valence-corrected chi connectivity index (χ0v) is 15.8. The summed E-state index contributed by atoms with van der Waals surface area (Å²) in [4.78, 5) is 12.6. The normalized spacial score (nSPS) is 13.6. The van der Waals surface area contributed by atoms with Gasteiger partial charge in [-0.3, -0.25) is 4.79 Å². The summed E-state index contributed by atoms with van der Waals surface area (Å²) in [6, 6.07) is 10.6. The van der Waals surface area contributed by atoms with Gasteiger partial charge in [0.05, 0.1) is 23.7 Å². The van der Waals surface area contributed by atoms with Crippen LogP contribution in [0.1, 0.15) is 23.6 Å². The number of nitrogens with zero attached hydrogens (tertiary/aromatic N) is 2. The minimum absolute atomic E-state index is 0.104. The Kier molecular flexibility index (Phi) is 5.55. The number of fused-ring (bicyclic) bond motifs is 1. The third-order valence-corrected chi connectivity index (χ3v) is 4.69. The van der Waals surface area contributed by atoms with Crippen LogP contribution in [0.4, 0.5) is 23.2 Å². The van der Waals surface area contributed by atoms with Gasteiger partial charge >= 0.3 is 6.18 Å². The molecule has 0 saturated heterocycles. The van der Waals surface area contributed by atoms with Gasteiger partial charge < -0.3 is 15.0 Å². The van der Waals surface area contributed by atoms with E-state index in [0.717, 1.165) is 12.1 Å². The Morgan fingerprint density at radius 2 is 1.93 bits per heavy atom. The summed E-state index contributed by atoms with van der Waals surface area (Å²) in [6.45, 7) is 0.149. The Morgan fingerprint density at radius 1 is 1.20 bits per heavy atom. The number of benzene rings is 2. The fourth-order valence-electron chi connectivity index (χ4n) is 3.07. The van der Waals surface area contributed by atoms with Crippen LogP contribution in [0.3, 0.4) is 0 Å². The second kappa shape index (κ2) is 7.80. The number of anilines is 1. The minimum Gasteiger partial charge on any atom is -0.378 e. The number of nitriles is 1. The predicted octanol–water partition coefficient (Wildman–Crippen LogP) is 4.39. The van der Waals surface area contributed by atoms with Crippen molar-refractivity contribution in [3.63, 3.8) is 0 Å². The van der Waals surface area contributed by atoms with Crippen molar-refractivity contribution in [2.75, 3.05) is 5.32 Å². The number of alkyl halides is 4. The first-order chi connectivity index (χ1) is 14.0. The van der Waals surface area contributed by atoms with Crippen molar-refractivity contribution in [2.24, 2.45) is 0 Å². The van der Waals surface area contributed by atoms with Gasteiger partial charge in [0.15, 0.2) is 5.60 Å². The predicted molar refractivity (Wildman–Crippen MR) is 102 cm³/mol. The van der Waals surface area contributed by atoms with E-state index in [1.807, 2.05) is 6.07 Å². The molecular weight excluding hydrogens is 402 g/mol. The standard InChI is InChI=1S/C21H17F4N3O2/c1-20(30,19(29)27-17-4-2-14(11-26)15(9-17)10-22)12-28-7-6-13-8-16(21(23,24)25)3-5-18(13)28/h2-9,30H,10,12H2,1H3,(H,27,29)/t20-/m0/s1. The van der Waals surface area contributed by atoms with Crippen molar-refractivity contribution in [3.8, 4) is 6.07 Å². The van der Waals surface area contributed by atoms with Gasteiger partial charge in [0, 0.05) is 28.4 Å². The second-order valence-corrected chi connectivity index (χ2v) is 7.06. The quantitative estimate of drug-likeness (QED) is 0.602. The molecule has 156 valence electrons. The molecule has 5 nitrogen and oxygen atoms in total. The van der Waals surface area contributed by atoms with E-state index in [0.29, 0.717) is 10.9 Å². The average molecular weight is 419 g/mol. The number of hydrogen-bond donors (Lipinski definition) is 2. The molecule has 0 radical (unpaired) electrons. The van der Waals surface area contributed by atoms with Crippen molar-refractivity contribution < 1.29 is 27.5 Å². The highest BCUT2D eigenvalue weighted by atomic mass is 19.4. The van der Waals surface area contributed by atoms with Crippen molar-refractivity contribution in [1.82, 2.24) is 4.57 Å². The Hall–Kier alpha value is -3.38. The highest BCUT2D eigenvalue weighted by Crippen LogP contribution is 2.32. The maximum Gasteiger partial charge on any atom is 0.416 e. The molecule has 0 saturated carbocycles. The van der Waals surface area contributed by atoms with E-state index in [1.165, 1.54) is 48.0 Å². The molecule has 0 aliphatic carbocycles. The van der Waals surface area contributed by atoms with E-state index in [2.05, 4.69) is 5.32 Å². The third-order valence-electron chi connectivity index (χ3n) is 4.69. The molecule has 0 aliphatic rings. The molecule has 9 heteroatoms. The van der Waals surface area contributed by atoms with E-state index in [4.69, 9.17) is 5.26 Å². The summed E-state index contributed by atoms with van der Waals surface area (Å²) in [7, 11) is 0. The molecule has 1 atom stereocenters. The van der Waals surface area contributed by atoms with E-state index in [9.17, 15) is 27.5 Å². The fourth-order valence-corrected chi connectivity index (χ4v) is 3.07. The van der Waals surface area contributed by atoms with E-state index < -0.39 is 29.9 Å². The monoisotopic (exact) mass is 419 g/mol. The van der Waals surface area contributed by atoms with Crippen LogP contribution < -0.4 is 5.32 Å². The number of carbonyl (C=O) groups excluding carboxylic acids is 1. The number of aliphatic hydroxyl groups is 1. The van der Waals surface area contributed by atoms with Gasteiger partial charge in [0.1, 0.15) is 6.67 Å². The van der Waals surface area contributed by atoms with Crippen molar-refractivity contribution in [2.45, 2.75) is 31.9 Å². The molecule has 0 bridgehead atoms. The smallest absolute Gasteiger partial charge is 0.378 e. The van der Waals surface area contributed by atoms with Gasteiger partial charge in [-0.2, -0.15) is 18.4 Å². The zero-order chi connectivity index (χ0) is 22.1. The van der Waals surface area contributed by atoms with Gasteiger partial charge in [0.25, 0.3) is 5.91 Å². The lowest BCUT2D eigenvalue weighted by molar-refractivity contribution is -0.137. The number of amides is 1. The SMILES string of the molecule is C[C@](O)(Cn1ccc2cc(C(F)(F)F)ccc21)C(=O)Nc1ccc(C#N)c(CF)c1. The Bertz CT molecular complexity index is 1140. The summed E-state index contributed by atoms with van der Waals surface area (Å²) in [5, 5.41) is 22.4. The lowest BCUT2D eigenvalue weighted by Gasteiger charge is -2.24. The summed E-state index contributed by atoms with van der Waals surface area (Å²) >= 11 is 0. The zero-order valence-electron chi connectivity index (χ0n) is 15.8. The van der Waals surface area contributed by atoms with Crippen molar-refractivity contribution in [3.05, 3.63) is 65.4 Å². The van der Waals surface area contributed by atoms with E-state index >= 15 is 0 Å². The highest BCUT2D eigenvalue weighted by molar-refractivity contribution is 5.97. The Labute approximate surface area is 169 Å². The molecule has 0 aliphatic heterocycles. The molecule has 3 aromatic rings. The van der Waals surface area contributed by atoms with Crippen LogP contribution in [0.2, 0.25) is 0 Å². The lowest BCUT2D eigenvalue weighted by atomic mass is 10.0. The van der Waals surface area contributed by atoms with Crippen LogP contribution in [0, 0.1) is 11.3 Å². The molecule has 3 rings (SSSR count). The van der Waals surface area contributed by atoms with Gasteiger partial charge in [-0.25, -0.2) is 4.39 Å². The van der Waals surface area contributed by atoms with Gasteiger partial charge in [0.2, 0.25) is 0 Å². The number of carbonyl (C=O) groups is 1. The molecule has 0 spiro atoms. The number of halogens is 4.